The zero-order valence-corrected chi connectivity index (χ0v) is 16.3. The highest BCUT2D eigenvalue weighted by atomic mass is 32.1. The van der Waals surface area contributed by atoms with Gasteiger partial charge in [0.05, 0.1) is 5.69 Å². The molecule has 0 atom stereocenters. The van der Waals surface area contributed by atoms with Gasteiger partial charge in [0.1, 0.15) is 0 Å². The maximum atomic E-state index is 11.9. The Morgan fingerprint density at radius 3 is 1.83 bits per heavy atom. The predicted molar refractivity (Wildman–Crippen MR) is 104 cm³/mol. The van der Waals surface area contributed by atoms with Crippen molar-refractivity contribution in [1.29, 1.82) is 0 Å². The van der Waals surface area contributed by atoms with Crippen molar-refractivity contribution in [1.82, 2.24) is 4.98 Å². The van der Waals surface area contributed by atoms with E-state index in [2.05, 4.69) is 11.9 Å². The van der Waals surface area contributed by atoms with Crippen molar-refractivity contribution >= 4 is 29.3 Å². The van der Waals surface area contributed by atoms with Crippen molar-refractivity contribution < 1.29 is 4.79 Å². The summed E-state index contributed by atoms with van der Waals surface area (Å²) in [5.41, 5.74) is 0.693. The molecule has 0 aliphatic heterocycles. The van der Waals surface area contributed by atoms with Crippen molar-refractivity contribution in [3.05, 3.63) is 15.0 Å². The van der Waals surface area contributed by atoms with Gasteiger partial charge in [-0.3, -0.25) is 4.79 Å². The van der Waals surface area contributed by atoms with Crippen LogP contribution in [0.1, 0.15) is 107 Å². The molecule has 23 heavy (non-hydrogen) atoms. The Morgan fingerprint density at radius 1 is 0.913 bits per heavy atom. The number of ketones is 1. The quantitative estimate of drug-likeness (QED) is 0.201. The number of nitrogens with one attached hydrogen (secondary N) is 1. The van der Waals surface area contributed by atoms with Gasteiger partial charge in [-0.2, -0.15) is 0 Å². The van der Waals surface area contributed by atoms with E-state index in [0.29, 0.717) is 16.1 Å². The van der Waals surface area contributed by atoms with Gasteiger partial charge in [-0.1, -0.05) is 84.0 Å². The molecule has 0 radical (unpaired) electrons. The van der Waals surface area contributed by atoms with E-state index in [1.807, 2.05) is 5.38 Å². The summed E-state index contributed by atoms with van der Waals surface area (Å²) in [6, 6.07) is 0. The Morgan fingerprint density at radius 2 is 1.39 bits per heavy atom. The lowest BCUT2D eigenvalue weighted by Crippen LogP contribution is -1.98. The summed E-state index contributed by atoms with van der Waals surface area (Å²) in [4.78, 5) is 14.8. The number of hydrogen-bond donors (Lipinski definition) is 1. The van der Waals surface area contributed by atoms with Crippen LogP contribution >= 0.6 is 23.6 Å². The Kier molecular flexibility index (Phi) is 12.4. The molecule has 0 aromatic carbocycles. The summed E-state index contributed by atoms with van der Waals surface area (Å²) in [5.74, 6) is 0.209. The molecule has 1 aromatic rings. The Bertz CT molecular complexity index is 464. The van der Waals surface area contributed by atoms with Gasteiger partial charge in [0.15, 0.2) is 9.74 Å². The highest BCUT2D eigenvalue weighted by Crippen LogP contribution is 2.14. The maximum absolute atomic E-state index is 11.9. The van der Waals surface area contributed by atoms with Crippen LogP contribution in [0.2, 0.25) is 0 Å². The number of carbonyl (C=O) groups excluding carboxylic acids is 1. The molecule has 0 aliphatic carbocycles. The number of thiazole rings is 1. The van der Waals surface area contributed by atoms with Crippen LogP contribution in [0.25, 0.3) is 0 Å². The normalized spacial score (nSPS) is 11.0. The average molecular weight is 356 g/mol. The van der Waals surface area contributed by atoms with E-state index >= 15 is 0 Å². The first-order valence-electron chi connectivity index (χ1n) is 9.45. The number of H-pyrrole nitrogens is 1. The van der Waals surface area contributed by atoms with Gasteiger partial charge in [0.2, 0.25) is 0 Å². The Labute approximate surface area is 151 Å². The molecular weight excluding hydrogens is 322 g/mol. The molecule has 0 saturated carbocycles. The molecule has 2 nitrogen and oxygen atoms in total. The summed E-state index contributed by atoms with van der Waals surface area (Å²) < 4.78 is 0.693. The monoisotopic (exact) mass is 355 g/mol. The highest BCUT2D eigenvalue weighted by molar-refractivity contribution is 7.73. The fourth-order valence-electron chi connectivity index (χ4n) is 2.85. The number of rotatable bonds is 15. The van der Waals surface area contributed by atoms with Gasteiger partial charge in [0.25, 0.3) is 0 Å². The minimum atomic E-state index is 0.209. The maximum Gasteiger partial charge on any atom is 0.179 e. The smallest absolute Gasteiger partial charge is 0.179 e. The second kappa shape index (κ2) is 13.9. The van der Waals surface area contributed by atoms with Crippen LogP contribution in [0.15, 0.2) is 5.38 Å². The fourth-order valence-corrected chi connectivity index (χ4v) is 3.69. The van der Waals surface area contributed by atoms with Crippen molar-refractivity contribution in [3.8, 4) is 0 Å². The van der Waals surface area contributed by atoms with Gasteiger partial charge >= 0.3 is 0 Å². The van der Waals surface area contributed by atoms with E-state index in [1.54, 1.807) is 0 Å². The second-order valence-corrected chi connectivity index (χ2v) is 8.02. The number of Topliss-reactive ketones (excluding diaryl/α,β-unsaturated/α-hetero) is 1. The van der Waals surface area contributed by atoms with Crippen molar-refractivity contribution in [2.24, 2.45) is 0 Å². The lowest BCUT2D eigenvalue weighted by atomic mass is 10.0. The van der Waals surface area contributed by atoms with Gasteiger partial charge in [-0.25, -0.2) is 0 Å². The van der Waals surface area contributed by atoms with E-state index in [0.717, 1.165) is 6.42 Å². The molecule has 0 fully saturated rings. The van der Waals surface area contributed by atoms with E-state index in [1.165, 1.54) is 88.4 Å². The summed E-state index contributed by atoms with van der Waals surface area (Å²) in [6.45, 7) is 2.27. The van der Waals surface area contributed by atoms with Crippen LogP contribution < -0.4 is 0 Å². The van der Waals surface area contributed by atoms with Gasteiger partial charge in [0, 0.05) is 11.8 Å². The van der Waals surface area contributed by atoms with Crippen molar-refractivity contribution in [2.75, 3.05) is 0 Å². The standard InChI is InChI=1S/C19H33NOS2/c1-2-3-4-5-6-7-8-9-10-11-12-13-14-15-18(21)17-16-23-19(22)20-17/h16H,2-15H2,1H3,(H,20,22). The zero-order valence-electron chi connectivity index (χ0n) is 14.7. The minimum Gasteiger partial charge on any atom is -0.335 e. The molecule has 0 saturated heterocycles. The molecular formula is C19H33NOS2. The van der Waals surface area contributed by atoms with Crippen LogP contribution in [-0.2, 0) is 0 Å². The number of aromatic nitrogens is 1. The topological polar surface area (TPSA) is 32.9 Å². The molecule has 0 bridgehead atoms. The third-order valence-electron chi connectivity index (χ3n) is 4.33. The van der Waals surface area contributed by atoms with E-state index in [4.69, 9.17) is 12.2 Å². The summed E-state index contributed by atoms with van der Waals surface area (Å²) in [5, 5.41) is 1.84. The summed E-state index contributed by atoms with van der Waals surface area (Å²) in [6.07, 6.45) is 18.0. The molecule has 0 aliphatic rings. The van der Waals surface area contributed by atoms with Crippen molar-refractivity contribution in [2.45, 2.75) is 96.8 Å². The Balaban J connectivity index is 1.83. The lowest BCUT2D eigenvalue weighted by Gasteiger charge is -2.03. The molecule has 1 heterocycles. The first-order valence-corrected chi connectivity index (χ1v) is 10.7. The first kappa shape index (κ1) is 20.6. The van der Waals surface area contributed by atoms with Gasteiger partial charge in [-0.05, 0) is 18.6 Å². The highest BCUT2D eigenvalue weighted by Gasteiger charge is 2.06. The van der Waals surface area contributed by atoms with Crippen LogP contribution in [0.5, 0.6) is 0 Å². The average Bonchev–Trinajstić information content (AvgIpc) is 2.98. The predicted octanol–water partition coefficient (Wildman–Crippen LogP) is 7.47. The number of hydrogen-bond acceptors (Lipinski definition) is 3. The second-order valence-electron chi connectivity index (χ2n) is 6.48. The number of unbranched alkanes of at least 4 members (excludes halogenated alkanes) is 12. The lowest BCUT2D eigenvalue weighted by molar-refractivity contribution is 0.0975. The SMILES string of the molecule is CCCCCCCCCCCCCCCC(=O)c1csc(=S)[nH]1. The van der Waals surface area contributed by atoms with E-state index in [-0.39, 0.29) is 5.78 Å². The molecule has 0 spiro atoms. The van der Waals surface area contributed by atoms with E-state index < -0.39 is 0 Å². The summed E-state index contributed by atoms with van der Waals surface area (Å²) >= 11 is 6.44. The van der Waals surface area contributed by atoms with Crippen LogP contribution in [0, 0.1) is 3.95 Å². The molecule has 1 aromatic heterocycles. The largest absolute Gasteiger partial charge is 0.335 e. The molecule has 4 heteroatoms. The summed E-state index contributed by atoms with van der Waals surface area (Å²) in [7, 11) is 0. The van der Waals surface area contributed by atoms with Gasteiger partial charge in [-0.15, -0.1) is 11.3 Å². The molecule has 132 valence electrons. The van der Waals surface area contributed by atoms with Crippen molar-refractivity contribution in [3.63, 3.8) is 0 Å². The molecule has 0 unspecified atom stereocenters. The van der Waals surface area contributed by atoms with Crippen LogP contribution in [0.4, 0.5) is 0 Å². The minimum absolute atomic E-state index is 0.209. The van der Waals surface area contributed by atoms with Crippen LogP contribution in [0.3, 0.4) is 0 Å². The third kappa shape index (κ3) is 10.8. The fraction of sp³-hybridized carbons (Fsp3) is 0.789. The first-order chi connectivity index (χ1) is 11.2. The molecule has 1 N–H and O–H groups in total. The number of aromatic amines is 1. The molecule has 1 rings (SSSR count). The van der Waals surface area contributed by atoms with Gasteiger partial charge < -0.3 is 4.98 Å². The van der Waals surface area contributed by atoms with E-state index in [9.17, 15) is 4.79 Å². The molecule has 0 amide bonds. The third-order valence-corrected chi connectivity index (χ3v) is 5.39. The Hall–Kier alpha value is -0.480. The van der Waals surface area contributed by atoms with Crippen LogP contribution in [-0.4, -0.2) is 10.8 Å². The number of carbonyl (C=O) groups is 1. The zero-order chi connectivity index (χ0) is 16.8.